The standard InChI is InChI=1S/C14H14NO5PS/c1-2-9-8-11(21(18,19)20)14(22)12(13(9)15(16)17)10-6-4-3-5-7-10/h3-8,11H,2H2,1H3,(H2,18,19,20)/t11-/m0/s1. The van der Waals surface area contributed by atoms with Gasteiger partial charge in [0.05, 0.1) is 10.5 Å². The van der Waals surface area contributed by atoms with Crippen LogP contribution in [0.1, 0.15) is 18.9 Å². The van der Waals surface area contributed by atoms with Crippen molar-refractivity contribution >= 4 is 30.3 Å². The highest BCUT2D eigenvalue weighted by Gasteiger charge is 2.41. The van der Waals surface area contributed by atoms with Crippen LogP contribution in [0.15, 0.2) is 47.7 Å². The Morgan fingerprint density at radius 3 is 2.36 bits per heavy atom. The molecular formula is C14H14NO5PS. The molecular weight excluding hydrogens is 325 g/mol. The van der Waals surface area contributed by atoms with Gasteiger partial charge >= 0.3 is 7.60 Å². The topological polar surface area (TPSA) is 101 Å². The molecule has 116 valence electrons. The minimum Gasteiger partial charge on any atom is -0.324 e. The summed E-state index contributed by atoms with van der Waals surface area (Å²) >= 11 is 5.18. The zero-order chi connectivity index (χ0) is 16.5. The Kier molecular flexibility index (Phi) is 4.72. The van der Waals surface area contributed by atoms with E-state index in [4.69, 9.17) is 12.2 Å². The molecule has 1 atom stereocenters. The lowest BCUT2D eigenvalue weighted by Gasteiger charge is -2.24. The molecule has 0 aromatic heterocycles. The van der Waals surface area contributed by atoms with E-state index in [9.17, 15) is 24.5 Å². The van der Waals surface area contributed by atoms with Crippen molar-refractivity contribution in [2.45, 2.75) is 19.0 Å². The molecule has 0 unspecified atom stereocenters. The Morgan fingerprint density at radius 2 is 1.91 bits per heavy atom. The first kappa shape index (κ1) is 16.7. The van der Waals surface area contributed by atoms with E-state index >= 15 is 0 Å². The van der Waals surface area contributed by atoms with Gasteiger partial charge in [0.2, 0.25) is 0 Å². The third-order valence-corrected chi connectivity index (χ3v) is 5.17. The van der Waals surface area contributed by atoms with E-state index in [0.29, 0.717) is 5.56 Å². The van der Waals surface area contributed by atoms with Crippen molar-refractivity contribution in [2.24, 2.45) is 0 Å². The number of benzene rings is 1. The molecule has 1 aromatic rings. The van der Waals surface area contributed by atoms with Gasteiger partial charge in [-0.1, -0.05) is 55.5 Å². The normalized spacial score (nSPS) is 19.1. The molecule has 8 heteroatoms. The fourth-order valence-corrected chi connectivity index (χ4v) is 3.90. The summed E-state index contributed by atoms with van der Waals surface area (Å²) < 4.78 is 11.7. The largest absolute Gasteiger partial charge is 0.337 e. The van der Waals surface area contributed by atoms with Crippen LogP contribution < -0.4 is 0 Å². The maximum absolute atomic E-state index is 11.7. The number of nitrogens with zero attached hydrogens (tertiary/aromatic N) is 1. The van der Waals surface area contributed by atoms with E-state index in [1.807, 2.05) is 0 Å². The summed E-state index contributed by atoms with van der Waals surface area (Å²) in [4.78, 5) is 29.8. The fourth-order valence-electron chi connectivity index (χ4n) is 2.40. The summed E-state index contributed by atoms with van der Waals surface area (Å²) in [5.74, 6) is 0. The molecule has 0 aliphatic heterocycles. The zero-order valence-electron chi connectivity index (χ0n) is 11.7. The summed E-state index contributed by atoms with van der Waals surface area (Å²) in [5, 5.41) is 11.5. The SMILES string of the molecule is CCC1=C[C@H](P(=O)(O)O)C(=S)C(c2ccccc2)=C1[N+](=O)[O-]. The molecule has 0 bridgehead atoms. The van der Waals surface area contributed by atoms with Crippen molar-refractivity contribution in [3.63, 3.8) is 0 Å². The summed E-state index contributed by atoms with van der Waals surface area (Å²) in [5.41, 5.74) is -0.601. The quantitative estimate of drug-likeness (QED) is 0.378. The van der Waals surface area contributed by atoms with Crippen LogP contribution in [0.4, 0.5) is 0 Å². The predicted molar refractivity (Wildman–Crippen MR) is 87.2 cm³/mol. The third kappa shape index (κ3) is 3.08. The molecule has 0 fully saturated rings. The lowest BCUT2D eigenvalue weighted by molar-refractivity contribution is -0.419. The van der Waals surface area contributed by atoms with E-state index < -0.39 is 18.2 Å². The Labute approximate surface area is 132 Å². The maximum Gasteiger partial charge on any atom is 0.337 e. The molecule has 1 aliphatic rings. The average Bonchev–Trinajstić information content (AvgIpc) is 2.46. The van der Waals surface area contributed by atoms with E-state index in [0.717, 1.165) is 0 Å². The summed E-state index contributed by atoms with van der Waals surface area (Å²) in [6, 6.07) is 8.41. The predicted octanol–water partition coefficient (Wildman–Crippen LogP) is 2.94. The Morgan fingerprint density at radius 1 is 1.32 bits per heavy atom. The van der Waals surface area contributed by atoms with Crippen LogP contribution >= 0.6 is 19.8 Å². The van der Waals surface area contributed by atoms with Crippen LogP contribution in [0.3, 0.4) is 0 Å². The van der Waals surface area contributed by atoms with E-state index in [1.54, 1.807) is 37.3 Å². The first-order valence-electron chi connectivity index (χ1n) is 6.52. The molecule has 2 rings (SSSR count). The average molecular weight is 339 g/mol. The van der Waals surface area contributed by atoms with E-state index in [2.05, 4.69) is 0 Å². The van der Waals surface area contributed by atoms with Crippen molar-refractivity contribution in [3.05, 3.63) is 63.4 Å². The minimum atomic E-state index is -4.54. The van der Waals surface area contributed by atoms with Gasteiger partial charge in [-0.2, -0.15) is 0 Å². The smallest absolute Gasteiger partial charge is 0.324 e. The molecule has 0 heterocycles. The number of hydrogen-bond donors (Lipinski definition) is 2. The second-order valence-corrected chi connectivity index (χ2v) is 6.96. The highest BCUT2D eigenvalue weighted by molar-refractivity contribution is 7.82. The molecule has 0 saturated carbocycles. The fraction of sp³-hybridized carbons (Fsp3) is 0.214. The monoisotopic (exact) mass is 339 g/mol. The number of rotatable bonds is 4. The lowest BCUT2D eigenvalue weighted by Crippen LogP contribution is -2.26. The van der Waals surface area contributed by atoms with Crippen molar-refractivity contribution in [1.29, 1.82) is 0 Å². The lowest BCUT2D eigenvalue weighted by atomic mass is 9.89. The van der Waals surface area contributed by atoms with Crippen LogP contribution in [0.2, 0.25) is 0 Å². The van der Waals surface area contributed by atoms with Gasteiger partial charge < -0.3 is 9.79 Å². The van der Waals surface area contributed by atoms with E-state index in [1.165, 1.54) is 6.08 Å². The Hall–Kier alpha value is -1.66. The molecule has 0 amide bonds. The molecule has 0 saturated heterocycles. The number of hydrogen-bond acceptors (Lipinski definition) is 4. The highest BCUT2D eigenvalue weighted by atomic mass is 32.1. The number of thiocarbonyl (C=S) groups is 1. The van der Waals surface area contributed by atoms with Gasteiger partial charge in [0.25, 0.3) is 5.70 Å². The third-order valence-electron chi connectivity index (χ3n) is 3.40. The second kappa shape index (κ2) is 6.22. The summed E-state index contributed by atoms with van der Waals surface area (Å²) in [7, 11) is -4.54. The number of allylic oxidation sites excluding steroid dienone is 3. The zero-order valence-corrected chi connectivity index (χ0v) is 13.4. The van der Waals surface area contributed by atoms with Crippen LogP contribution in [0.25, 0.3) is 5.57 Å². The van der Waals surface area contributed by atoms with E-state index in [-0.39, 0.29) is 28.1 Å². The Balaban J connectivity index is 2.75. The van der Waals surface area contributed by atoms with Crippen LogP contribution in [-0.4, -0.2) is 25.2 Å². The number of nitro groups is 1. The first-order valence-corrected chi connectivity index (χ1v) is 8.61. The van der Waals surface area contributed by atoms with Crippen molar-refractivity contribution in [1.82, 2.24) is 0 Å². The maximum atomic E-state index is 11.7. The summed E-state index contributed by atoms with van der Waals surface area (Å²) in [6.45, 7) is 1.70. The molecule has 22 heavy (non-hydrogen) atoms. The van der Waals surface area contributed by atoms with Crippen LogP contribution in [0.5, 0.6) is 0 Å². The Bertz CT molecular complexity index is 735. The van der Waals surface area contributed by atoms with Gasteiger partial charge in [-0.05, 0) is 12.0 Å². The molecule has 1 aliphatic carbocycles. The van der Waals surface area contributed by atoms with Gasteiger partial charge in [0, 0.05) is 10.4 Å². The van der Waals surface area contributed by atoms with Gasteiger partial charge in [-0.25, -0.2) is 0 Å². The summed E-state index contributed by atoms with van der Waals surface area (Å²) in [6.07, 6.45) is 1.51. The van der Waals surface area contributed by atoms with Crippen molar-refractivity contribution in [3.8, 4) is 0 Å². The molecule has 0 radical (unpaired) electrons. The van der Waals surface area contributed by atoms with Crippen LogP contribution in [-0.2, 0) is 4.57 Å². The van der Waals surface area contributed by atoms with Gasteiger partial charge in [-0.3, -0.25) is 14.7 Å². The molecule has 0 spiro atoms. The second-order valence-electron chi connectivity index (χ2n) is 4.79. The molecule has 1 aromatic carbocycles. The minimum absolute atomic E-state index is 0.0940. The molecule has 2 N–H and O–H groups in total. The van der Waals surface area contributed by atoms with Crippen LogP contribution in [0, 0.1) is 10.1 Å². The van der Waals surface area contributed by atoms with Crippen molar-refractivity contribution < 1.29 is 19.3 Å². The first-order chi connectivity index (χ1) is 10.3. The van der Waals surface area contributed by atoms with Gasteiger partial charge in [0.1, 0.15) is 5.66 Å². The van der Waals surface area contributed by atoms with Crippen molar-refractivity contribution in [2.75, 3.05) is 0 Å². The van der Waals surface area contributed by atoms with Gasteiger partial charge in [0.15, 0.2) is 0 Å². The highest BCUT2D eigenvalue weighted by Crippen LogP contribution is 2.49. The molecule has 6 nitrogen and oxygen atoms in total. The van der Waals surface area contributed by atoms with Gasteiger partial charge in [-0.15, -0.1) is 0 Å².